The number of carbonyl (C=O) groups is 2. The number of amides is 1. The van der Waals surface area contributed by atoms with Gasteiger partial charge in [-0.25, -0.2) is 17.6 Å². The van der Waals surface area contributed by atoms with Crippen molar-refractivity contribution in [3.05, 3.63) is 88.7 Å². The summed E-state index contributed by atoms with van der Waals surface area (Å²) < 4.78 is 53.3. The average molecular weight is 547 g/mol. The largest absolute Gasteiger partial charge is 0.475 e. The van der Waals surface area contributed by atoms with Crippen LogP contribution >= 0.6 is 11.6 Å². The highest BCUT2D eigenvalue weighted by atomic mass is 35.5. The predicted molar refractivity (Wildman–Crippen MR) is 135 cm³/mol. The molecule has 1 aliphatic rings. The van der Waals surface area contributed by atoms with E-state index in [2.05, 4.69) is 0 Å². The zero-order valence-electron chi connectivity index (χ0n) is 20.1. The standard InChI is InChI=1S/C26H24ClFN2O6S/c1-17-10-12-18(13-11-17)37(33,34)29(14-19-20(27)6-5-7-21(19)28)16-25(31)30-15-24(26(32)35-2)36-23-9-4-3-8-22(23)30/h3-13,24H,14-16H2,1-2H3/t24-/m1/s1. The van der Waals surface area contributed by atoms with E-state index >= 15 is 0 Å². The number of hydrogen-bond donors (Lipinski definition) is 0. The Labute approximate surface area is 219 Å². The summed E-state index contributed by atoms with van der Waals surface area (Å²) in [6, 6.07) is 16.7. The van der Waals surface area contributed by atoms with Crippen LogP contribution in [0.25, 0.3) is 0 Å². The molecule has 0 aromatic heterocycles. The first kappa shape index (κ1) is 26.6. The number of carbonyl (C=O) groups excluding carboxylic acids is 2. The summed E-state index contributed by atoms with van der Waals surface area (Å²) in [5.41, 5.74) is 1.14. The van der Waals surface area contributed by atoms with Crippen molar-refractivity contribution in [1.82, 2.24) is 4.31 Å². The maximum Gasteiger partial charge on any atom is 0.348 e. The second kappa shape index (κ2) is 10.9. The minimum Gasteiger partial charge on any atom is -0.475 e. The molecule has 1 amide bonds. The Morgan fingerprint density at radius 2 is 1.81 bits per heavy atom. The Bertz CT molecular complexity index is 1410. The first-order valence-corrected chi connectivity index (χ1v) is 13.1. The Morgan fingerprint density at radius 1 is 1.11 bits per heavy atom. The highest BCUT2D eigenvalue weighted by Crippen LogP contribution is 2.34. The maximum absolute atomic E-state index is 14.7. The van der Waals surface area contributed by atoms with E-state index < -0.39 is 46.9 Å². The summed E-state index contributed by atoms with van der Waals surface area (Å²) in [6.45, 7) is 0.481. The zero-order valence-corrected chi connectivity index (χ0v) is 21.6. The van der Waals surface area contributed by atoms with Crippen LogP contribution in [0.15, 0.2) is 71.6 Å². The second-order valence-corrected chi connectivity index (χ2v) is 10.7. The fourth-order valence-corrected chi connectivity index (χ4v) is 5.49. The monoisotopic (exact) mass is 546 g/mol. The Hall–Kier alpha value is -3.47. The van der Waals surface area contributed by atoms with Gasteiger partial charge in [0, 0.05) is 17.1 Å². The molecule has 37 heavy (non-hydrogen) atoms. The molecule has 1 atom stereocenters. The normalized spacial score (nSPS) is 15.2. The molecule has 1 heterocycles. The third-order valence-corrected chi connectivity index (χ3v) is 8.07. The van der Waals surface area contributed by atoms with Gasteiger partial charge in [0.2, 0.25) is 22.0 Å². The number of methoxy groups -OCH3 is 1. The van der Waals surface area contributed by atoms with E-state index in [1.54, 1.807) is 36.4 Å². The number of anilines is 1. The number of fused-ring (bicyclic) bond motifs is 1. The number of para-hydroxylation sites is 2. The summed E-state index contributed by atoms with van der Waals surface area (Å²) in [5.74, 6) is -1.77. The fourth-order valence-electron chi connectivity index (χ4n) is 3.91. The van der Waals surface area contributed by atoms with Crippen LogP contribution in [0.2, 0.25) is 5.02 Å². The third kappa shape index (κ3) is 5.61. The smallest absolute Gasteiger partial charge is 0.348 e. The molecule has 0 saturated carbocycles. The fraction of sp³-hybridized carbons (Fsp3) is 0.231. The zero-order chi connectivity index (χ0) is 26.7. The number of nitrogens with zero attached hydrogens (tertiary/aromatic N) is 2. The molecule has 4 rings (SSSR count). The average Bonchev–Trinajstić information content (AvgIpc) is 2.89. The van der Waals surface area contributed by atoms with Gasteiger partial charge in [-0.3, -0.25) is 4.79 Å². The van der Waals surface area contributed by atoms with Gasteiger partial charge in [0.05, 0.1) is 30.8 Å². The third-order valence-electron chi connectivity index (χ3n) is 5.91. The Morgan fingerprint density at radius 3 is 2.49 bits per heavy atom. The van der Waals surface area contributed by atoms with Gasteiger partial charge in [-0.05, 0) is 43.3 Å². The number of esters is 1. The summed E-state index contributed by atoms with van der Waals surface area (Å²) in [7, 11) is -3.06. The lowest BCUT2D eigenvalue weighted by Crippen LogP contribution is -2.50. The first-order chi connectivity index (χ1) is 17.6. The van der Waals surface area contributed by atoms with Crippen LogP contribution in [0.3, 0.4) is 0 Å². The summed E-state index contributed by atoms with van der Waals surface area (Å²) in [4.78, 5) is 27.0. The molecule has 194 valence electrons. The maximum atomic E-state index is 14.7. The van der Waals surface area contributed by atoms with Gasteiger partial charge in [0.15, 0.2) is 0 Å². The van der Waals surface area contributed by atoms with E-state index in [0.29, 0.717) is 5.69 Å². The van der Waals surface area contributed by atoms with Gasteiger partial charge in [-0.2, -0.15) is 4.31 Å². The van der Waals surface area contributed by atoms with E-state index in [-0.39, 0.29) is 27.8 Å². The number of halogens is 2. The highest BCUT2D eigenvalue weighted by Gasteiger charge is 2.37. The van der Waals surface area contributed by atoms with Crippen molar-refractivity contribution in [2.45, 2.75) is 24.5 Å². The topological polar surface area (TPSA) is 93.2 Å². The predicted octanol–water partition coefficient (Wildman–Crippen LogP) is 3.95. The van der Waals surface area contributed by atoms with E-state index in [0.717, 1.165) is 9.87 Å². The summed E-state index contributed by atoms with van der Waals surface area (Å²) in [5, 5.41) is 0.0269. The Balaban J connectivity index is 1.72. The molecular weight excluding hydrogens is 523 g/mol. The van der Waals surface area contributed by atoms with Crippen molar-refractivity contribution in [1.29, 1.82) is 0 Å². The van der Waals surface area contributed by atoms with Gasteiger partial charge in [-0.15, -0.1) is 0 Å². The van der Waals surface area contributed by atoms with Crippen LogP contribution < -0.4 is 9.64 Å². The van der Waals surface area contributed by atoms with Crippen molar-refractivity contribution in [3.8, 4) is 5.75 Å². The van der Waals surface area contributed by atoms with Crippen LogP contribution in [-0.4, -0.2) is 50.9 Å². The van der Waals surface area contributed by atoms with Gasteiger partial charge in [0.25, 0.3) is 0 Å². The number of ether oxygens (including phenoxy) is 2. The van der Waals surface area contributed by atoms with Crippen LogP contribution in [0.1, 0.15) is 11.1 Å². The molecule has 0 radical (unpaired) electrons. The molecule has 1 aliphatic heterocycles. The van der Waals surface area contributed by atoms with E-state index in [1.165, 1.54) is 42.3 Å². The molecular formula is C26H24ClFN2O6S. The van der Waals surface area contributed by atoms with E-state index in [9.17, 15) is 22.4 Å². The number of hydrogen-bond acceptors (Lipinski definition) is 6. The number of sulfonamides is 1. The van der Waals surface area contributed by atoms with Crippen molar-refractivity contribution in [3.63, 3.8) is 0 Å². The van der Waals surface area contributed by atoms with Gasteiger partial charge in [0.1, 0.15) is 11.6 Å². The van der Waals surface area contributed by atoms with Crippen molar-refractivity contribution < 1.29 is 31.9 Å². The minimum absolute atomic E-state index is 0.0269. The van der Waals surface area contributed by atoms with E-state index in [1.807, 2.05) is 6.92 Å². The van der Waals surface area contributed by atoms with Crippen molar-refractivity contribution in [2.24, 2.45) is 0 Å². The molecule has 3 aromatic rings. The highest BCUT2D eigenvalue weighted by molar-refractivity contribution is 7.89. The van der Waals surface area contributed by atoms with Crippen LogP contribution in [0.5, 0.6) is 5.75 Å². The van der Waals surface area contributed by atoms with Crippen molar-refractivity contribution in [2.75, 3.05) is 25.1 Å². The lowest BCUT2D eigenvalue weighted by Gasteiger charge is -2.34. The van der Waals surface area contributed by atoms with Crippen LogP contribution in [-0.2, 0) is 30.9 Å². The molecule has 0 unspecified atom stereocenters. The van der Waals surface area contributed by atoms with Crippen LogP contribution in [0, 0.1) is 12.7 Å². The molecule has 0 spiro atoms. The van der Waals surface area contributed by atoms with Crippen molar-refractivity contribution >= 4 is 39.2 Å². The lowest BCUT2D eigenvalue weighted by molar-refractivity contribution is -0.148. The Kier molecular flexibility index (Phi) is 7.82. The van der Waals surface area contributed by atoms with Crippen LogP contribution in [0.4, 0.5) is 10.1 Å². The van der Waals surface area contributed by atoms with Gasteiger partial charge in [-0.1, -0.05) is 47.5 Å². The molecule has 8 nitrogen and oxygen atoms in total. The van der Waals surface area contributed by atoms with Gasteiger partial charge >= 0.3 is 5.97 Å². The number of rotatable bonds is 7. The minimum atomic E-state index is -4.26. The molecule has 0 bridgehead atoms. The summed E-state index contributed by atoms with van der Waals surface area (Å²) >= 11 is 6.19. The molecule has 0 fully saturated rings. The molecule has 0 saturated heterocycles. The molecule has 0 aliphatic carbocycles. The lowest BCUT2D eigenvalue weighted by atomic mass is 10.1. The summed E-state index contributed by atoms with van der Waals surface area (Å²) in [6.07, 6.45) is -1.10. The quantitative estimate of drug-likeness (QED) is 0.417. The molecule has 3 aromatic carbocycles. The first-order valence-electron chi connectivity index (χ1n) is 11.3. The second-order valence-electron chi connectivity index (χ2n) is 8.39. The number of benzene rings is 3. The molecule has 11 heteroatoms. The SMILES string of the molecule is COC(=O)[C@H]1CN(C(=O)CN(Cc2c(F)cccc2Cl)S(=O)(=O)c2ccc(C)cc2)c2ccccc2O1. The number of aryl methyl sites for hydroxylation is 1. The van der Waals surface area contributed by atoms with Gasteiger partial charge < -0.3 is 14.4 Å². The van der Waals surface area contributed by atoms with E-state index in [4.69, 9.17) is 21.1 Å². The molecule has 0 N–H and O–H groups in total.